The Hall–Kier alpha value is -2.25. The number of anilines is 1. The molecule has 0 radical (unpaired) electrons. The summed E-state index contributed by atoms with van der Waals surface area (Å²) in [5.74, 6) is -0.205. The molecular weight excluding hydrogens is 491 g/mol. The Bertz CT molecular complexity index is 1200. The van der Waals surface area contributed by atoms with E-state index in [4.69, 9.17) is 34.8 Å². The molecule has 1 amide bonds. The van der Waals surface area contributed by atoms with Crippen LogP contribution >= 0.6 is 34.8 Å². The van der Waals surface area contributed by atoms with Gasteiger partial charge in [0.25, 0.3) is 5.91 Å². The standard InChI is InChI=1S/C23H21Cl3N2O3S/c1-32(30,31)28(21-4-2-3-20(25)22(21)26)15-17-5-9-18(10-6-17)23(29)27-14-13-16-7-11-19(24)12-8-16/h2-12H,13-15H2,1H3,(H,27,29). The molecule has 0 atom stereocenters. The highest BCUT2D eigenvalue weighted by Gasteiger charge is 2.21. The van der Waals surface area contributed by atoms with E-state index in [1.54, 1.807) is 42.5 Å². The van der Waals surface area contributed by atoms with Crippen LogP contribution in [0.4, 0.5) is 5.69 Å². The minimum atomic E-state index is -3.62. The maximum Gasteiger partial charge on any atom is 0.251 e. The number of carbonyl (C=O) groups excluding carboxylic acids is 1. The van der Waals surface area contributed by atoms with E-state index in [0.29, 0.717) is 34.8 Å². The molecule has 5 nitrogen and oxygen atoms in total. The molecule has 3 aromatic rings. The van der Waals surface area contributed by atoms with Gasteiger partial charge in [0, 0.05) is 17.1 Å². The van der Waals surface area contributed by atoms with Crippen molar-refractivity contribution in [2.24, 2.45) is 0 Å². The summed E-state index contributed by atoms with van der Waals surface area (Å²) in [7, 11) is -3.62. The van der Waals surface area contributed by atoms with Gasteiger partial charge < -0.3 is 5.32 Å². The minimum Gasteiger partial charge on any atom is -0.352 e. The maximum absolute atomic E-state index is 12.4. The van der Waals surface area contributed by atoms with Gasteiger partial charge in [0.05, 0.1) is 28.5 Å². The number of carbonyl (C=O) groups is 1. The number of benzene rings is 3. The van der Waals surface area contributed by atoms with Crippen molar-refractivity contribution in [3.63, 3.8) is 0 Å². The van der Waals surface area contributed by atoms with Crippen LogP contribution in [0.2, 0.25) is 15.1 Å². The predicted molar refractivity (Wildman–Crippen MR) is 131 cm³/mol. The van der Waals surface area contributed by atoms with Gasteiger partial charge in [-0.3, -0.25) is 9.10 Å². The van der Waals surface area contributed by atoms with E-state index >= 15 is 0 Å². The molecule has 3 aromatic carbocycles. The maximum atomic E-state index is 12.4. The summed E-state index contributed by atoms with van der Waals surface area (Å²) in [4.78, 5) is 12.4. The molecule has 0 bridgehead atoms. The van der Waals surface area contributed by atoms with Gasteiger partial charge in [-0.15, -0.1) is 0 Å². The lowest BCUT2D eigenvalue weighted by atomic mass is 10.1. The SMILES string of the molecule is CS(=O)(=O)N(Cc1ccc(C(=O)NCCc2ccc(Cl)cc2)cc1)c1cccc(Cl)c1Cl. The molecule has 0 aliphatic heterocycles. The van der Waals surface area contributed by atoms with Crippen LogP contribution in [0, 0.1) is 0 Å². The van der Waals surface area contributed by atoms with E-state index in [2.05, 4.69) is 5.32 Å². The highest BCUT2D eigenvalue weighted by molar-refractivity contribution is 7.92. The number of hydrogen-bond donors (Lipinski definition) is 1. The number of sulfonamides is 1. The third-order valence-electron chi connectivity index (χ3n) is 4.76. The first-order valence-electron chi connectivity index (χ1n) is 9.68. The zero-order valence-corrected chi connectivity index (χ0v) is 20.3. The summed E-state index contributed by atoms with van der Waals surface area (Å²) >= 11 is 18.2. The van der Waals surface area contributed by atoms with Crippen LogP contribution in [0.3, 0.4) is 0 Å². The Morgan fingerprint density at radius 3 is 2.16 bits per heavy atom. The number of hydrogen-bond acceptors (Lipinski definition) is 3. The molecule has 32 heavy (non-hydrogen) atoms. The molecule has 0 saturated carbocycles. The van der Waals surface area contributed by atoms with Crippen molar-refractivity contribution in [2.75, 3.05) is 17.1 Å². The van der Waals surface area contributed by atoms with Crippen molar-refractivity contribution in [3.05, 3.63) is 98.5 Å². The van der Waals surface area contributed by atoms with E-state index in [9.17, 15) is 13.2 Å². The molecule has 0 aliphatic carbocycles. The Morgan fingerprint density at radius 1 is 0.906 bits per heavy atom. The fourth-order valence-corrected chi connectivity index (χ4v) is 4.53. The van der Waals surface area contributed by atoms with Crippen LogP contribution in [0.1, 0.15) is 21.5 Å². The van der Waals surface area contributed by atoms with Gasteiger partial charge in [0.2, 0.25) is 10.0 Å². The van der Waals surface area contributed by atoms with Gasteiger partial charge in [-0.05, 0) is 53.9 Å². The molecule has 0 saturated heterocycles. The van der Waals surface area contributed by atoms with Gasteiger partial charge in [-0.1, -0.05) is 65.1 Å². The van der Waals surface area contributed by atoms with Crippen LogP contribution in [0.25, 0.3) is 0 Å². The van der Waals surface area contributed by atoms with Crippen LogP contribution in [0.15, 0.2) is 66.7 Å². The molecule has 0 unspecified atom stereocenters. The largest absolute Gasteiger partial charge is 0.352 e. The number of rotatable bonds is 8. The van der Waals surface area contributed by atoms with Gasteiger partial charge in [0.1, 0.15) is 0 Å². The first-order chi connectivity index (χ1) is 15.1. The highest BCUT2D eigenvalue weighted by Crippen LogP contribution is 2.34. The van der Waals surface area contributed by atoms with Crippen molar-refractivity contribution in [1.29, 1.82) is 0 Å². The van der Waals surface area contributed by atoms with Gasteiger partial charge >= 0.3 is 0 Å². The summed E-state index contributed by atoms with van der Waals surface area (Å²) < 4.78 is 25.9. The molecule has 0 aromatic heterocycles. The zero-order valence-electron chi connectivity index (χ0n) is 17.2. The van der Waals surface area contributed by atoms with Gasteiger partial charge in [-0.25, -0.2) is 8.42 Å². The summed E-state index contributed by atoms with van der Waals surface area (Å²) in [5.41, 5.74) is 2.55. The summed E-state index contributed by atoms with van der Waals surface area (Å²) in [6.45, 7) is 0.536. The molecular formula is C23H21Cl3N2O3S. The highest BCUT2D eigenvalue weighted by atomic mass is 35.5. The molecule has 9 heteroatoms. The average molecular weight is 512 g/mol. The predicted octanol–water partition coefficient (Wildman–Crippen LogP) is 5.59. The van der Waals surface area contributed by atoms with E-state index in [0.717, 1.165) is 11.8 Å². The quantitative estimate of drug-likeness (QED) is 0.429. The van der Waals surface area contributed by atoms with Gasteiger partial charge in [-0.2, -0.15) is 0 Å². The second kappa shape index (κ2) is 10.6. The number of amides is 1. The number of nitrogens with one attached hydrogen (secondary N) is 1. The summed E-state index contributed by atoms with van der Waals surface area (Å²) in [6, 6.07) is 19.0. The Labute approximate surface area is 203 Å². The molecule has 3 rings (SSSR count). The number of nitrogens with zero attached hydrogens (tertiary/aromatic N) is 1. The van der Waals surface area contributed by atoms with Crippen molar-refractivity contribution >= 4 is 56.4 Å². The molecule has 0 aliphatic rings. The fourth-order valence-electron chi connectivity index (χ4n) is 3.07. The van der Waals surface area contributed by atoms with Gasteiger partial charge in [0.15, 0.2) is 0 Å². The second-order valence-corrected chi connectivity index (χ2v) is 10.3. The number of halogens is 3. The van der Waals surface area contributed by atoms with Crippen LogP contribution in [0.5, 0.6) is 0 Å². The Balaban J connectivity index is 1.66. The van der Waals surface area contributed by atoms with Crippen LogP contribution < -0.4 is 9.62 Å². The molecule has 0 fully saturated rings. The van der Waals surface area contributed by atoms with Crippen LogP contribution in [-0.4, -0.2) is 27.1 Å². The van der Waals surface area contributed by atoms with E-state index in [1.807, 2.05) is 24.3 Å². The summed E-state index contributed by atoms with van der Waals surface area (Å²) in [5, 5.41) is 3.98. The smallest absolute Gasteiger partial charge is 0.251 e. The topological polar surface area (TPSA) is 66.5 Å². The second-order valence-electron chi connectivity index (χ2n) is 7.17. The third kappa shape index (κ3) is 6.39. The van der Waals surface area contributed by atoms with E-state index in [1.165, 1.54) is 4.31 Å². The average Bonchev–Trinajstić information content (AvgIpc) is 2.75. The normalized spacial score (nSPS) is 11.2. The van der Waals surface area contributed by atoms with Crippen molar-refractivity contribution < 1.29 is 13.2 Å². The molecule has 168 valence electrons. The third-order valence-corrected chi connectivity index (χ3v) is 6.94. The monoisotopic (exact) mass is 510 g/mol. The first-order valence-corrected chi connectivity index (χ1v) is 12.7. The zero-order chi connectivity index (χ0) is 23.3. The lowest BCUT2D eigenvalue weighted by Crippen LogP contribution is -2.29. The first kappa shape index (κ1) is 24.4. The van der Waals surface area contributed by atoms with Crippen molar-refractivity contribution in [1.82, 2.24) is 5.32 Å². The van der Waals surface area contributed by atoms with Crippen molar-refractivity contribution in [3.8, 4) is 0 Å². The molecule has 0 heterocycles. The fraction of sp³-hybridized carbons (Fsp3) is 0.174. The van der Waals surface area contributed by atoms with Crippen LogP contribution in [-0.2, 0) is 23.0 Å². The molecule has 0 spiro atoms. The summed E-state index contributed by atoms with van der Waals surface area (Å²) in [6.07, 6.45) is 1.79. The lowest BCUT2D eigenvalue weighted by Gasteiger charge is -2.24. The Kier molecular flexibility index (Phi) is 8.06. The lowest BCUT2D eigenvalue weighted by molar-refractivity contribution is 0.0954. The Morgan fingerprint density at radius 2 is 1.53 bits per heavy atom. The minimum absolute atomic E-state index is 0.0529. The van der Waals surface area contributed by atoms with Crippen molar-refractivity contribution in [2.45, 2.75) is 13.0 Å². The van der Waals surface area contributed by atoms with E-state index in [-0.39, 0.29) is 22.5 Å². The molecule has 1 N–H and O–H groups in total. The van der Waals surface area contributed by atoms with E-state index < -0.39 is 10.0 Å².